The molecule has 0 radical (unpaired) electrons. The number of benzene rings is 3. The molecule has 1 N–H and O–H groups in total. The smallest absolute Gasteiger partial charge is 0.256 e. The maximum atomic E-state index is 13.4. The van der Waals surface area contributed by atoms with E-state index in [0.29, 0.717) is 17.1 Å². The Morgan fingerprint density at radius 2 is 1.56 bits per heavy atom. The highest BCUT2D eigenvalue weighted by atomic mass is 35.5. The molecule has 1 amide bonds. The maximum absolute atomic E-state index is 13.4. The standard InChI is InChI=1S/C27H24ClN3O/c1-19-26(20(2)31(30-19)18-23-15-9-10-16-25(23)28)29-27(32)24(22-13-7-4-8-14-22)17-21-11-5-3-6-12-21/h3-17H,18H2,1-2H3,(H,29,32)/b24-17-. The van der Waals surface area contributed by atoms with Crippen LogP contribution in [-0.2, 0) is 11.3 Å². The summed E-state index contributed by atoms with van der Waals surface area (Å²) >= 11 is 6.33. The molecule has 3 aromatic carbocycles. The fraction of sp³-hybridized carbons (Fsp3) is 0.111. The molecular weight excluding hydrogens is 418 g/mol. The van der Waals surface area contributed by atoms with Gasteiger partial charge in [0.2, 0.25) is 0 Å². The van der Waals surface area contributed by atoms with E-state index in [-0.39, 0.29) is 5.91 Å². The SMILES string of the molecule is Cc1nn(Cc2ccccc2Cl)c(C)c1NC(=O)/C(=C\c1ccccc1)c1ccccc1. The van der Waals surface area contributed by atoms with E-state index in [9.17, 15) is 4.79 Å². The van der Waals surface area contributed by atoms with Crippen molar-refractivity contribution in [1.29, 1.82) is 0 Å². The first-order valence-electron chi connectivity index (χ1n) is 10.4. The molecule has 4 aromatic rings. The molecule has 4 rings (SSSR count). The second kappa shape index (κ2) is 9.67. The van der Waals surface area contributed by atoms with Crippen LogP contribution >= 0.6 is 11.6 Å². The van der Waals surface area contributed by atoms with Crippen molar-refractivity contribution in [3.8, 4) is 0 Å². The van der Waals surface area contributed by atoms with Gasteiger partial charge in [0.25, 0.3) is 5.91 Å². The van der Waals surface area contributed by atoms with Gasteiger partial charge in [-0.25, -0.2) is 0 Å². The Labute approximate surface area is 193 Å². The number of nitrogens with zero attached hydrogens (tertiary/aromatic N) is 2. The minimum absolute atomic E-state index is 0.177. The van der Waals surface area contributed by atoms with Crippen LogP contribution in [0.4, 0.5) is 5.69 Å². The number of hydrogen-bond donors (Lipinski definition) is 1. The molecule has 1 aromatic heterocycles. The van der Waals surface area contributed by atoms with Crippen molar-refractivity contribution in [2.75, 3.05) is 5.32 Å². The lowest BCUT2D eigenvalue weighted by Crippen LogP contribution is -2.15. The molecule has 0 aliphatic carbocycles. The van der Waals surface area contributed by atoms with Crippen LogP contribution in [0.5, 0.6) is 0 Å². The number of aromatic nitrogens is 2. The Kier molecular flexibility index (Phi) is 6.52. The molecule has 1 heterocycles. The van der Waals surface area contributed by atoms with Crippen LogP contribution in [-0.4, -0.2) is 15.7 Å². The first kappa shape index (κ1) is 21.6. The molecule has 32 heavy (non-hydrogen) atoms. The van der Waals surface area contributed by atoms with Gasteiger partial charge in [-0.2, -0.15) is 5.10 Å². The summed E-state index contributed by atoms with van der Waals surface area (Å²) in [5.74, 6) is -0.177. The van der Waals surface area contributed by atoms with E-state index in [2.05, 4.69) is 10.4 Å². The average Bonchev–Trinajstić information content (AvgIpc) is 3.07. The predicted octanol–water partition coefficient (Wildman–Crippen LogP) is 6.38. The quantitative estimate of drug-likeness (QED) is 0.278. The number of anilines is 1. The fourth-order valence-electron chi connectivity index (χ4n) is 3.61. The summed E-state index contributed by atoms with van der Waals surface area (Å²) in [6.07, 6.45) is 1.91. The molecule has 4 nitrogen and oxygen atoms in total. The van der Waals surface area contributed by atoms with E-state index in [4.69, 9.17) is 11.6 Å². The van der Waals surface area contributed by atoms with E-state index in [1.807, 2.05) is 110 Å². The van der Waals surface area contributed by atoms with Gasteiger partial charge < -0.3 is 5.32 Å². The third kappa shape index (κ3) is 4.82. The molecule has 0 bridgehead atoms. The molecule has 0 aliphatic rings. The van der Waals surface area contributed by atoms with Crippen LogP contribution in [0.15, 0.2) is 84.9 Å². The average molecular weight is 442 g/mol. The topological polar surface area (TPSA) is 46.9 Å². The van der Waals surface area contributed by atoms with Gasteiger partial charge in [-0.3, -0.25) is 9.48 Å². The molecule has 0 fully saturated rings. The van der Waals surface area contributed by atoms with E-state index < -0.39 is 0 Å². The lowest BCUT2D eigenvalue weighted by atomic mass is 10.0. The third-order valence-electron chi connectivity index (χ3n) is 5.34. The van der Waals surface area contributed by atoms with E-state index >= 15 is 0 Å². The van der Waals surface area contributed by atoms with Crippen molar-refractivity contribution in [2.24, 2.45) is 0 Å². The van der Waals surface area contributed by atoms with E-state index in [1.54, 1.807) is 0 Å². The van der Waals surface area contributed by atoms with Gasteiger partial charge in [-0.05, 0) is 42.7 Å². The monoisotopic (exact) mass is 441 g/mol. The molecular formula is C27H24ClN3O. The minimum Gasteiger partial charge on any atom is -0.319 e. The van der Waals surface area contributed by atoms with Crippen molar-refractivity contribution >= 4 is 34.8 Å². The summed E-state index contributed by atoms with van der Waals surface area (Å²) in [7, 11) is 0. The molecule has 160 valence electrons. The van der Waals surface area contributed by atoms with E-state index in [0.717, 1.165) is 33.8 Å². The van der Waals surface area contributed by atoms with Gasteiger partial charge in [0.15, 0.2) is 0 Å². The summed E-state index contributed by atoms with van der Waals surface area (Å²) in [5, 5.41) is 8.43. The summed E-state index contributed by atoms with van der Waals surface area (Å²) in [4.78, 5) is 13.4. The number of amides is 1. The Hall–Kier alpha value is -3.63. The minimum atomic E-state index is -0.177. The van der Waals surface area contributed by atoms with Crippen molar-refractivity contribution in [3.63, 3.8) is 0 Å². The summed E-state index contributed by atoms with van der Waals surface area (Å²) < 4.78 is 1.87. The lowest BCUT2D eigenvalue weighted by molar-refractivity contribution is -0.111. The number of hydrogen-bond acceptors (Lipinski definition) is 2. The molecule has 0 saturated heterocycles. The Balaban J connectivity index is 1.65. The van der Waals surface area contributed by atoms with Gasteiger partial charge in [0.05, 0.1) is 23.6 Å². The fourth-order valence-corrected chi connectivity index (χ4v) is 3.81. The molecule has 0 atom stereocenters. The van der Waals surface area contributed by atoms with Crippen LogP contribution in [0.2, 0.25) is 5.02 Å². The maximum Gasteiger partial charge on any atom is 0.256 e. The molecule has 0 spiro atoms. The second-order valence-electron chi connectivity index (χ2n) is 7.58. The zero-order valence-corrected chi connectivity index (χ0v) is 18.8. The molecule has 0 aliphatic heterocycles. The van der Waals surface area contributed by atoms with E-state index in [1.165, 1.54) is 0 Å². The Bertz CT molecular complexity index is 1260. The van der Waals surface area contributed by atoms with Gasteiger partial charge in [-0.15, -0.1) is 0 Å². The number of carbonyl (C=O) groups is 1. The van der Waals surface area contributed by atoms with Crippen molar-refractivity contribution in [1.82, 2.24) is 9.78 Å². The lowest BCUT2D eigenvalue weighted by Gasteiger charge is -2.11. The summed E-state index contributed by atoms with van der Waals surface area (Å²) in [5.41, 5.74) is 5.74. The third-order valence-corrected chi connectivity index (χ3v) is 5.71. The molecule has 5 heteroatoms. The second-order valence-corrected chi connectivity index (χ2v) is 7.99. The van der Waals surface area contributed by atoms with Gasteiger partial charge >= 0.3 is 0 Å². The van der Waals surface area contributed by atoms with Gasteiger partial charge in [-0.1, -0.05) is 90.5 Å². The summed E-state index contributed by atoms with van der Waals surface area (Å²) in [6, 6.07) is 27.2. The molecule has 0 unspecified atom stereocenters. The van der Waals surface area contributed by atoms with Crippen molar-refractivity contribution in [2.45, 2.75) is 20.4 Å². The zero-order chi connectivity index (χ0) is 22.5. The van der Waals surface area contributed by atoms with Crippen molar-refractivity contribution in [3.05, 3.63) is 118 Å². The Morgan fingerprint density at radius 3 is 2.25 bits per heavy atom. The van der Waals surface area contributed by atoms with Gasteiger partial charge in [0, 0.05) is 10.6 Å². The number of halogens is 1. The highest BCUT2D eigenvalue weighted by Gasteiger charge is 2.18. The highest BCUT2D eigenvalue weighted by molar-refractivity contribution is 6.31. The number of carbonyl (C=O) groups excluding carboxylic acids is 1. The number of rotatable bonds is 6. The zero-order valence-electron chi connectivity index (χ0n) is 18.0. The predicted molar refractivity (Wildman–Crippen MR) is 132 cm³/mol. The Morgan fingerprint density at radius 1 is 0.938 bits per heavy atom. The van der Waals surface area contributed by atoms with Crippen LogP contribution < -0.4 is 5.32 Å². The van der Waals surface area contributed by atoms with Crippen LogP contribution in [0.3, 0.4) is 0 Å². The number of nitrogens with one attached hydrogen (secondary N) is 1. The normalized spacial score (nSPS) is 11.4. The largest absolute Gasteiger partial charge is 0.319 e. The van der Waals surface area contributed by atoms with Crippen LogP contribution in [0.25, 0.3) is 11.6 Å². The van der Waals surface area contributed by atoms with Crippen LogP contribution in [0, 0.1) is 13.8 Å². The number of aryl methyl sites for hydroxylation is 1. The first-order chi connectivity index (χ1) is 15.5. The highest BCUT2D eigenvalue weighted by Crippen LogP contribution is 2.26. The van der Waals surface area contributed by atoms with Crippen molar-refractivity contribution < 1.29 is 4.79 Å². The van der Waals surface area contributed by atoms with Crippen LogP contribution in [0.1, 0.15) is 28.1 Å². The molecule has 0 saturated carbocycles. The van der Waals surface area contributed by atoms with Gasteiger partial charge in [0.1, 0.15) is 0 Å². The summed E-state index contributed by atoms with van der Waals surface area (Å²) in [6.45, 7) is 4.39. The first-order valence-corrected chi connectivity index (χ1v) is 10.8.